The molecular formula is C16H12BrN5O2S. The number of aryl methyl sites for hydroxylation is 1. The van der Waals surface area contributed by atoms with Crippen LogP contribution in [0.25, 0.3) is 16.7 Å². The van der Waals surface area contributed by atoms with E-state index in [1.54, 1.807) is 6.07 Å². The first-order chi connectivity index (χ1) is 12.0. The summed E-state index contributed by atoms with van der Waals surface area (Å²) in [5, 5.41) is 11.6. The normalized spacial score (nSPS) is 11.4. The Balaban J connectivity index is 1.60. The van der Waals surface area contributed by atoms with E-state index in [1.807, 2.05) is 29.7 Å². The van der Waals surface area contributed by atoms with Gasteiger partial charge in [0.2, 0.25) is 0 Å². The fourth-order valence-electron chi connectivity index (χ4n) is 2.56. The third kappa shape index (κ3) is 3.00. The van der Waals surface area contributed by atoms with Crippen LogP contribution in [0.3, 0.4) is 0 Å². The van der Waals surface area contributed by atoms with Gasteiger partial charge in [-0.25, -0.2) is 9.97 Å². The zero-order chi connectivity index (χ0) is 17.6. The molecule has 1 aromatic carbocycles. The van der Waals surface area contributed by atoms with Crippen LogP contribution < -0.4 is 0 Å². The summed E-state index contributed by atoms with van der Waals surface area (Å²) in [5.41, 5.74) is 4.37. The SMILES string of the molecule is Cc1ccc2nc(CSc3nc4ccc([N+](=O)[O-])cc4[nH]3)c(Br)n2c1. The summed E-state index contributed by atoms with van der Waals surface area (Å²) in [6, 6.07) is 8.61. The third-order valence-electron chi connectivity index (χ3n) is 3.77. The highest BCUT2D eigenvalue weighted by molar-refractivity contribution is 9.10. The Labute approximate surface area is 154 Å². The van der Waals surface area contributed by atoms with Crippen molar-refractivity contribution in [2.75, 3.05) is 0 Å². The van der Waals surface area contributed by atoms with E-state index in [9.17, 15) is 10.1 Å². The number of imidazole rings is 2. The van der Waals surface area contributed by atoms with Crippen LogP contribution in [0.1, 0.15) is 11.3 Å². The minimum absolute atomic E-state index is 0.0474. The highest BCUT2D eigenvalue weighted by Gasteiger charge is 2.13. The van der Waals surface area contributed by atoms with Crippen molar-refractivity contribution in [3.05, 3.63) is 62.5 Å². The molecule has 0 spiro atoms. The van der Waals surface area contributed by atoms with Crippen LogP contribution in [-0.4, -0.2) is 24.3 Å². The zero-order valence-electron chi connectivity index (χ0n) is 13.1. The van der Waals surface area contributed by atoms with Crippen molar-refractivity contribution in [2.45, 2.75) is 17.8 Å². The number of nitrogens with zero attached hydrogens (tertiary/aromatic N) is 4. The lowest BCUT2D eigenvalue weighted by Crippen LogP contribution is -1.86. The molecule has 0 amide bonds. The first-order valence-corrected chi connectivity index (χ1v) is 9.19. The molecule has 4 aromatic rings. The second kappa shape index (κ2) is 6.16. The largest absolute Gasteiger partial charge is 0.333 e. The molecule has 1 N–H and O–H groups in total. The molecule has 0 radical (unpaired) electrons. The minimum Gasteiger partial charge on any atom is -0.333 e. The second-order valence-corrected chi connectivity index (χ2v) is 7.29. The summed E-state index contributed by atoms with van der Waals surface area (Å²) in [5.74, 6) is 0.628. The smallest absolute Gasteiger partial charge is 0.271 e. The number of benzene rings is 1. The zero-order valence-corrected chi connectivity index (χ0v) is 15.5. The number of nitro benzene ring substituents is 1. The van der Waals surface area contributed by atoms with E-state index in [4.69, 9.17) is 0 Å². The molecule has 3 heterocycles. The fraction of sp³-hybridized carbons (Fsp3) is 0.125. The topological polar surface area (TPSA) is 89.1 Å². The molecule has 0 aliphatic heterocycles. The molecule has 126 valence electrons. The van der Waals surface area contributed by atoms with Crippen molar-refractivity contribution in [3.8, 4) is 0 Å². The molecule has 0 fully saturated rings. The molecule has 9 heteroatoms. The average Bonchev–Trinajstić information content (AvgIpc) is 3.13. The standard InChI is InChI=1S/C16H12BrN5O2S/c1-9-2-5-14-18-13(15(17)21(14)7-9)8-25-16-19-11-4-3-10(22(23)24)6-12(11)20-16/h2-7H,8H2,1H3,(H,19,20). The van der Waals surface area contributed by atoms with Crippen LogP contribution in [0.5, 0.6) is 0 Å². The number of nitro groups is 1. The highest BCUT2D eigenvalue weighted by atomic mass is 79.9. The number of halogens is 1. The van der Waals surface area contributed by atoms with Crippen molar-refractivity contribution in [2.24, 2.45) is 0 Å². The van der Waals surface area contributed by atoms with Crippen LogP contribution in [0.2, 0.25) is 0 Å². The van der Waals surface area contributed by atoms with Crippen molar-refractivity contribution in [1.29, 1.82) is 0 Å². The van der Waals surface area contributed by atoms with E-state index in [0.717, 1.165) is 21.5 Å². The number of pyridine rings is 1. The number of thioether (sulfide) groups is 1. The summed E-state index contributed by atoms with van der Waals surface area (Å²) in [7, 11) is 0. The Kier molecular flexibility index (Phi) is 3.97. The number of non-ortho nitro benzene ring substituents is 1. The van der Waals surface area contributed by atoms with Gasteiger partial charge in [-0.3, -0.25) is 14.5 Å². The van der Waals surface area contributed by atoms with Gasteiger partial charge < -0.3 is 4.98 Å². The minimum atomic E-state index is -0.414. The van der Waals surface area contributed by atoms with Gasteiger partial charge in [-0.15, -0.1) is 0 Å². The van der Waals surface area contributed by atoms with Crippen molar-refractivity contribution >= 4 is 50.1 Å². The maximum absolute atomic E-state index is 10.9. The van der Waals surface area contributed by atoms with E-state index in [2.05, 4.69) is 30.9 Å². The van der Waals surface area contributed by atoms with E-state index in [1.165, 1.54) is 23.9 Å². The van der Waals surface area contributed by atoms with Crippen LogP contribution in [0.15, 0.2) is 46.3 Å². The van der Waals surface area contributed by atoms with Gasteiger partial charge in [0.1, 0.15) is 10.3 Å². The Hall–Kier alpha value is -2.39. The number of H-pyrrole nitrogens is 1. The van der Waals surface area contributed by atoms with Gasteiger partial charge in [-0.05, 0) is 40.5 Å². The maximum atomic E-state index is 10.9. The highest BCUT2D eigenvalue weighted by Crippen LogP contribution is 2.28. The summed E-state index contributed by atoms with van der Waals surface area (Å²) < 4.78 is 2.93. The molecule has 0 bridgehead atoms. The first-order valence-electron chi connectivity index (χ1n) is 7.41. The van der Waals surface area contributed by atoms with Crippen LogP contribution in [-0.2, 0) is 5.75 Å². The lowest BCUT2D eigenvalue weighted by Gasteiger charge is -1.97. The molecule has 25 heavy (non-hydrogen) atoms. The summed E-state index contributed by atoms with van der Waals surface area (Å²) >= 11 is 5.11. The molecule has 0 atom stereocenters. The fourth-order valence-corrected chi connectivity index (χ4v) is 4.07. The molecule has 0 aliphatic carbocycles. The quantitative estimate of drug-likeness (QED) is 0.300. The predicted octanol–water partition coefficient (Wildman–Crippen LogP) is 4.48. The molecule has 0 aliphatic rings. The van der Waals surface area contributed by atoms with Crippen molar-refractivity contribution in [3.63, 3.8) is 0 Å². The van der Waals surface area contributed by atoms with Gasteiger partial charge >= 0.3 is 0 Å². The molecule has 3 aromatic heterocycles. The van der Waals surface area contributed by atoms with Crippen LogP contribution in [0.4, 0.5) is 5.69 Å². The van der Waals surface area contributed by atoms with E-state index >= 15 is 0 Å². The van der Waals surface area contributed by atoms with E-state index < -0.39 is 4.92 Å². The van der Waals surface area contributed by atoms with Gasteiger partial charge in [-0.2, -0.15) is 0 Å². The van der Waals surface area contributed by atoms with Crippen LogP contribution in [0, 0.1) is 17.0 Å². The molecule has 0 unspecified atom stereocenters. The molecule has 4 rings (SSSR count). The molecule has 7 nitrogen and oxygen atoms in total. The van der Waals surface area contributed by atoms with Crippen LogP contribution >= 0.6 is 27.7 Å². The number of hydrogen-bond acceptors (Lipinski definition) is 5. The Bertz CT molecular complexity index is 1120. The number of fused-ring (bicyclic) bond motifs is 2. The number of aromatic nitrogens is 4. The number of hydrogen-bond donors (Lipinski definition) is 1. The van der Waals surface area contributed by atoms with Gasteiger partial charge in [0.05, 0.1) is 21.7 Å². The van der Waals surface area contributed by atoms with E-state index in [0.29, 0.717) is 21.9 Å². The molecule has 0 saturated carbocycles. The number of nitrogens with one attached hydrogen (secondary N) is 1. The monoisotopic (exact) mass is 417 g/mol. The van der Waals surface area contributed by atoms with Gasteiger partial charge in [0.15, 0.2) is 5.16 Å². The van der Waals surface area contributed by atoms with Gasteiger partial charge in [0, 0.05) is 24.1 Å². The summed E-state index contributed by atoms with van der Waals surface area (Å²) in [6.45, 7) is 2.04. The molecule has 0 saturated heterocycles. The van der Waals surface area contributed by atoms with Gasteiger partial charge in [-0.1, -0.05) is 17.8 Å². The first kappa shape index (κ1) is 16.1. The Morgan fingerprint density at radius 2 is 2.16 bits per heavy atom. The maximum Gasteiger partial charge on any atom is 0.271 e. The number of aromatic amines is 1. The Morgan fingerprint density at radius 1 is 1.32 bits per heavy atom. The van der Waals surface area contributed by atoms with E-state index in [-0.39, 0.29) is 5.69 Å². The number of rotatable bonds is 4. The van der Waals surface area contributed by atoms with Gasteiger partial charge in [0.25, 0.3) is 5.69 Å². The lowest BCUT2D eigenvalue weighted by molar-refractivity contribution is -0.384. The van der Waals surface area contributed by atoms with Crippen molar-refractivity contribution < 1.29 is 4.92 Å². The molecular weight excluding hydrogens is 406 g/mol. The summed E-state index contributed by atoms with van der Waals surface area (Å²) in [6.07, 6.45) is 2.03. The predicted molar refractivity (Wildman–Crippen MR) is 99.9 cm³/mol. The summed E-state index contributed by atoms with van der Waals surface area (Å²) in [4.78, 5) is 22.7. The second-order valence-electron chi connectivity index (χ2n) is 5.57. The lowest BCUT2D eigenvalue weighted by atomic mass is 10.3. The third-order valence-corrected chi connectivity index (χ3v) is 5.50. The average molecular weight is 418 g/mol. The Morgan fingerprint density at radius 3 is 2.96 bits per heavy atom. The van der Waals surface area contributed by atoms with Crippen molar-refractivity contribution in [1.82, 2.24) is 19.4 Å².